The molecule has 1 heterocycles. The van der Waals surface area contributed by atoms with E-state index in [1.54, 1.807) is 24.3 Å². The van der Waals surface area contributed by atoms with Crippen molar-refractivity contribution in [2.24, 2.45) is 0 Å². The summed E-state index contributed by atoms with van der Waals surface area (Å²) in [5.41, 5.74) is 1.59. The number of esters is 1. The van der Waals surface area contributed by atoms with Crippen LogP contribution < -0.4 is 0 Å². The Morgan fingerprint density at radius 2 is 1.95 bits per heavy atom. The number of Topliss-reactive ketones (excluding diaryl/α,β-unsaturated/α-hetero) is 1. The van der Waals surface area contributed by atoms with Gasteiger partial charge in [0, 0.05) is 23.2 Å². The maximum absolute atomic E-state index is 12.0. The number of ether oxygens (including phenoxy) is 1. The Hall–Kier alpha value is -2.07. The number of halogens is 1. The monoisotopic (exact) mass is 277 g/mol. The van der Waals surface area contributed by atoms with Crippen LogP contribution in [0.15, 0.2) is 36.5 Å². The lowest BCUT2D eigenvalue weighted by atomic mass is 10.1. The lowest BCUT2D eigenvalue weighted by molar-refractivity contribution is 0.0595. The molecule has 0 fully saturated rings. The Morgan fingerprint density at radius 1 is 1.26 bits per heavy atom. The van der Waals surface area contributed by atoms with Gasteiger partial charge in [-0.15, -0.1) is 0 Å². The zero-order valence-electron chi connectivity index (χ0n) is 10.3. The molecule has 0 unspecified atom stereocenters. The molecule has 0 atom stereocenters. The van der Waals surface area contributed by atoms with Gasteiger partial charge in [-0.25, -0.2) is 4.79 Å². The van der Waals surface area contributed by atoms with Crippen molar-refractivity contribution in [1.82, 2.24) is 4.98 Å². The fourth-order valence-corrected chi connectivity index (χ4v) is 1.80. The van der Waals surface area contributed by atoms with Gasteiger partial charge in [0.25, 0.3) is 0 Å². The summed E-state index contributed by atoms with van der Waals surface area (Å²) < 4.78 is 4.56. The van der Waals surface area contributed by atoms with E-state index in [0.29, 0.717) is 10.6 Å². The van der Waals surface area contributed by atoms with Gasteiger partial charge in [-0.3, -0.25) is 4.79 Å². The Morgan fingerprint density at radius 3 is 2.58 bits per heavy atom. The highest BCUT2D eigenvalue weighted by atomic mass is 35.5. The molecule has 0 bridgehead atoms. The minimum Gasteiger partial charge on any atom is -0.464 e. The van der Waals surface area contributed by atoms with Gasteiger partial charge in [0.15, 0.2) is 5.78 Å². The van der Waals surface area contributed by atoms with Crippen LogP contribution in [-0.2, 0) is 11.2 Å². The molecule has 2 rings (SSSR count). The predicted molar refractivity (Wildman–Crippen MR) is 71.6 cm³/mol. The van der Waals surface area contributed by atoms with Crippen molar-refractivity contribution in [2.75, 3.05) is 7.11 Å². The first-order chi connectivity index (χ1) is 9.10. The van der Waals surface area contributed by atoms with Crippen molar-refractivity contribution in [3.63, 3.8) is 0 Å². The van der Waals surface area contributed by atoms with E-state index < -0.39 is 5.97 Å². The molecule has 98 valence electrons. The first kappa shape index (κ1) is 13.4. The third-order valence-corrected chi connectivity index (χ3v) is 2.94. The van der Waals surface area contributed by atoms with Crippen LogP contribution in [0.5, 0.6) is 0 Å². The van der Waals surface area contributed by atoms with Crippen LogP contribution in [0, 0.1) is 0 Å². The fourth-order valence-electron chi connectivity index (χ4n) is 1.67. The van der Waals surface area contributed by atoms with E-state index in [2.05, 4.69) is 9.72 Å². The second kappa shape index (κ2) is 5.71. The highest BCUT2D eigenvalue weighted by Crippen LogP contribution is 2.13. The minimum absolute atomic E-state index is 0.0753. The van der Waals surface area contributed by atoms with Gasteiger partial charge in [0.05, 0.1) is 7.11 Å². The van der Waals surface area contributed by atoms with Crippen LogP contribution in [0.4, 0.5) is 0 Å². The second-order valence-corrected chi connectivity index (χ2v) is 4.46. The Balaban J connectivity index is 2.09. The maximum atomic E-state index is 12.0. The topological polar surface area (TPSA) is 59.2 Å². The van der Waals surface area contributed by atoms with Crippen LogP contribution in [0.1, 0.15) is 26.4 Å². The van der Waals surface area contributed by atoms with E-state index in [-0.39, 0.29) is 17.9 Å². The highest BCUT2D eigenvalue weighted by molar-refractivity contribution is 6.30. The van der Waals surface area contributed by atoms with Gasteiger partial charge in [0.2, 0.25) is 0 Å². The largest absolute Gasteiger partial charge is 0.464 e. The molecule has 0 aliphatic rings. The average molecular weight is 278 g/mol. The Kier molecular flexibility index (Phi) is 4.02. The Bertz CT molecular complexity index is 601. The first-order valence-electron chi connectivity index (χ1n) is 5.64. The molecule has 5 heteroatoms. The summed E-state index contributed by atoms with van der Waals surface area (Å²) in [6.07, 6.45) is 1.76. The smallest absolute Gasteiger partial charge is 0.354 e. The molecule has 0 saturated heterocycles. The number of H-pyrrole nitrogens is 1. The molecule has 0 aliphatic heterocycles. The van der Waals surface area contributed by atoms with E-state index in [0.717, 1.165) is 5.56 Å². The van der Waals surface area contributed by atoms with Crippen molar-refractivity contribution < 1.29 is 14.3 Å². The summed E-state index contributed by atoms with van der Waals surface area (Å²) in [6, 6.07) is 8.56. The summed E-state index contributed by atoms with van der Waals surface area (Å²) >= 11 is 5.78. The molecular formula is C14H12ClNO3. The van der Waals surface area contributed by atoms with Gasteiger partial charge >= 0.3 is 5.97 Å². The molecule has 1 aromatic carbocycles. The summed E-state index contributed by atoms with van der Waals surface area (Å²) in [7, 11) is 1.29. The number of hydrogen-bond donors (Lipinski definition) is 1. The molecule has 2 aromatic rings. The van der Waals surface area contributed by atoms with Crippen LogP contribution in [0.2, 0.25) is 5.02 Å². The molecule has 0 spiro atoms. The van der Waals surface area contributed by atoms with E-state index in [1.807, 2.05) is 0 Å². The molecule has 0 saturated carbocycles. The van der Waals surface area contributed by atoms with Gasteiger partial charge in [-0.2, -0.15) is 0 Å². The number of rotatable bonds is 4. The van der Waals surface area contributed by atoms with Crippen molar-refractivity contribution in [2.45, 2.75) is 6.42 Å². The number of carbonyl (C=O) groups is 2. The highest BCUT2D eigenvalue weighted by Gasteiger charge is 2.13. The lowest BCUT2D eigenvalue weighted by Crippen LogP contribution is -2.03. The van der Waals surface area contributed by atoms with Crippen molar-refractivity contribution in [3.05, 3.63) is 58.4 Å². The molecule has 1 N–H and O–H groups in total. The van der Waals surface area contributed by atoms with Gasteiger partial charge in [-0.05, 0) is 23.8 Å². The first-order valence-corrected chi connectivity index (χ1v) is 6.02. The number of nitrogens with one attached hydrogen (secondary N) is 1. The molecule has 1 aromatic heterocycles. The zero-order valence-corrected chi connectivity index (χ0v) is 11.0. The summed E-state index contributed by atoms with van der Waals surface area (Å²) in [5.74, 6) is -0.570. The van der Waals surface area contributed by atoms with Gasteiger partial charge in [-0.1, -0.05) is 23.7 Å². The van der Waals surface area contributed by atoms with Crippen molar-refractivity contribution in [3.8, 4) is 0 Å². The van der Waals surface area contributed by atoms with Crippen LogP contribution in [0.25, 0.3) is 0 Å². The molecule has 0 aliphatic carbocycles. The number of hydrogen-bond acceptors (Lipinski definition) is 3. The number of ketones is 1. The molecular weight excluding hydrogens is 266 g/mol. The van der Waals surface area contributed by atoms with E-state index in [9.17, 15) is 9.59 Å². The minimum atomic E-state index is -0.495. The number of methoxy groups -OCH3 is 1. The van der Waals surface area contributed by atoms with E-state index in [4.69, 9.17) is 11.6 Å². The fraction of sp³-hybridized carbons (Fsp3) is 0.143. The molecule has 4 nitrogen and oxygen atoms in total. The summed E-state index contributed by atoms with van der Waals surface area (Å²) in [5, 5.41) is 0.630. The lowest BCUT2D eigenvalue weighted by Gasteiger charge is -1.99. The predicted octanol–water partition coefficient (Wildman–Crippen LogP) is 2.88. The van der Waals surface area contributed by atoms with Crippen LogP contribution in [-0.4, -0.2) is 23.8 Å². The standard InChI is InChI=1S/C14H12ClNO3/c1-19-14(18)12-7-10(8-16-12)13(17)6-9-2-4-11(15)5-3-9/h2-5,7-8,16H,6H2,1H3. The zero-order chi connectivity index (χ0) is 13.8. The van der Waals surface area contributed by atoms with Gasteiger partial charge in [0.1, 0.15) is 5.69 Å². The Labute approximate surface area is 115 Å². The SMILES string of the molecule is COC(=O)c1cc(C(=O)Cc2ccc(Cl)cc2)c[nH]1. The number of aromatic amines is 1. The van der Waals surface area contributed by atoms with Gasteiger partial charge < -0.3 is 9.72 Å². The molecule has 0 radical (unpaired) electrons. The number of aromatic nitrogens is 1. The summed E-state index contributed by atoms with van der Waals surface area (Å²) in [4.78, 5) is 26.0. The third-order valence-electron chi connectivity index (χ3n) is 2.69. The van der Waals surface area contributed by atoms with Crippen molar-refractivity contribution >= 4 is 23.4 Å². The quantitative estimate of drug-likeness (QED) is 0.690. The molecule has 0 amide bonds. The maximum Gasteiger partial charge on any atom is 0.354 e. The van der Waals surface area contributed by atoms with E-state index in [1.165, 1.54) is 19.4 Å². The average Bonchev–Trinajstić information content (AvgIpc) is 2.90. The van der Waals surface area contributed by atoms with E-state index >= 15 is 0 Å². The number of carbonyl (C=O) groups excluding carboxylic acids is 2. The molecule has 19 heavy (non-hydrogen) atoms. The second-order valence-electron chi connectivity index (χ2n) is 4.02. The number of benzene rings is 1. The van der Waals surface area contributed by atoms with Crippen LogP contribution >= 0.6 is 11.6 Å². The third kappa shape index (κ3) is 3.23. The normalized spacial score (nSPS) is 10.2. The summed E-state index contributed by atoms with van der Waals surface area (Å²) in [6.45, 7) is 0. The van der Waals surface area contributed by atoms with Crippen molar-refractivity contribution in [1.29, 1.82) is 0 Å². The van der Waals surface area contributed by atoms with Crippen LogP contribution in [0.3, 0.4) is 0 Å².